The summed E-state index contributed by atoms with van der Waals surface area (Å²) in [6.45, 7) is 1.22. The number of fused-ring (bicyclic) bond motifs is 1. The topological polar surface area (TPSA) is 108 Å². The summed E-state index contributed by atoms with van der Waals surface area (Å²) in [5, 5.41) is 8.21. The Balaban J connectivity index is 1.47. The quantitative estimate of drug-likeness (QED) is 0.624. The molecule has 1 aromatic carbocycles. The molecule has 9 nitrogen and oxygen atoms in total. The molecule has 5 rings (SSSR count). The monoisotopic (exact) mass is 428 g/mol. The molecule has 156 valence electrons. The summed E-state index contributed by atoms with van der Waals surface area (Å²) in [7, 11) is -3.79. The molecular weight excluding hydrogens is 408 g/mol. The van der Waals surface area contributed by atoms with Gasteiger partial charge in [0.2, 0.25) is 15.9 Å². The lowest BCUT2D eigenvalue weighted by molar-refractivity contribution is 0.171. The van der Waals surface area contributed by atoms with Gasteiger partial charge in [0.25, 0.3) is 5.89 Å². The number of piperidine rings is 1. The van der Waals surface area contributed by atoms with Crippen LogP contribution in [-0.2, 0) is 10.0 Å². The number of aromatic nitrogens is 3. The minimum absolute atomic E-state index is 0.156. The minimum Gasteiger partial charge on any atom is -0.486 e. The molecule has 0 amide bonds. The summed E-state index contributed by atoms with van der Waals surface area (Å²) in [6.07, 6.45) is 3.88. The maximum absolute atomic E-state index is 13.5. The van der Waals surface area contributed by atoms with Gasteiger partial charge < -0.3 is 13.9 Å². The van der Waals surface area contributed by atoms with E-state index in [0.717, 1.165) is 12.8 Å². The first kappa shape index (κ1) is 19.0. The van der Waals surface area contributed by atoms with E-state index in [1.165, 1.54) is 10.4 Å². The number of nitrogens with zero attached hydrogens (tertiary/aromatic N) is 4. The molecule has 1 saturated heterocycles. The molecule has 0 radical (unpaired) electrons. The van der Waals surface area contributed by atoms with Gasteiger partial charge in [-0.05, 0) is 37.1 Å². The molecule has 1 atom stereocenters. The van der Waals surface area contributed by atoms with Gasteiger partial charge in [-0.3, -0.25) is 4.98 Å². The van der Waals surface area contributed by atoms with Gasteiger partial charge in [-0.2, -0.15) is 4.31 Å². The van der Waals surface area contributed by atoms with Crippen molar-refractivity contribution in [3.05, 3.63) is 48.5 Å². The van der Waals surface area contributed by atoms with Crippen LogP contribution in [0, 0.1) is 0 Å². The normalized spacial score (nSPS) is 19.5. The lowest BCUT2D eigenvalue weighted by atomic mass is 10.1. The van der Waals surface area contributed by atoms with E-state index in [9.17, 15) is 8.42 Å². The van der Waals surface area contributed by atoms with Gasteiger partial charge in [0, 0.05) is 18.8 Å². The second-order valence-corrected chi connectivity index (χ2v) is 8.98. The lowest BCUT2D eigenvalue weighted by Gasteiger charge is -2.32. The van der Waals surface area contributed by atoms with Crippen molar-refractivity contribution in [1.29, 1.82) is 0 Å². The first-order valence-corrected chi connectivity index (χ1v) is 11.2. The zero-order valence-electron chi connectivity index (χ0n) is 16.1. The molecule has 1 unspecified atom stereocenters. The Morgan fingerprint density at radius 3 is 2.70 bits per heavy atom. The molecule has 2 aliphatic rings. The number of rotatable bonds is 4. The summed E-state index contributed by atoms with van der Waals surface area (Å²) in [6, 6.07) is 9.55. The van der Waals surface area contributed by atoms with Crippen LogP contribution in [0.4, 0.5) is 0 Å². The van der Waals surface area contributed by atoms with E-state index in [1.807, 2.05) is 6.07 Å². The van der Waals surface area contributed by atoms with Crippen LogP contribution in [0.2, 0.25) is 0 Å². The van der Waals surface area contributed by atoms with E-state index in [4.69, 9.17) is 13.9 Å². The van der Waals surface area contributed by atoms with E-state index in [0.29, 0.717) is 43.4 Å². The van der Waals surface area contributed by atoms with E-state index in [2.05, 4.69) is 15.2 Å². The summed E-state index contributed by atoms with van der Waals surface area (Å²) in [5.41, 5.74) is 0.549. The van der Waals surface area contributed by atoms with E-state index >= 15 is 0 Å². The van der Waals surface area contributed by atoms with Gasteiger partial charge in [-0.15, -0.1) is 10.2 Å². The van der Waals surface area contributed by atoms with Crippen LogP contribution >= 0.6 is 0 Å². The van der Waals surface area contributed by atoms with Crippen molar-refractivity contribution in [3.8, 4) is 23.1 Å². The smallest absolute Gasteiger partial charge is 0.266 e. The highest BCUT2D eigenvalue weighted by atomic mass is 32.2. The number of hydrogen-bond acceptors (Lipinski definition) is 8. The van der Waals surface area contributed by atoms with Gasteiger partial charge in [-0.25, -0.2) is 8.42 Å². The average Bonchev–Trinajstić information content (AvgIpc) is 3.29. The van der Waals surface area contributed by atoms with Crippen molar-refractivity contribution < 1.29 is 22.3 Å². The molecule has 3 aromatic rings. The molecular formula is C20H20N4O5S. The lowest BCUT2D eigenvalue weighted by Crippen LogP contribution is -2.38. The second-order valence-electron chi connectivity index (χ2n) is 7.09. The Morgan fingerprint density at radius 1 is 1.00 bits per heavy atom. The molecule has 2 aliphatic heterocycles. The molecule has 0 bridgehead atoms. The summed E-state index contributed by atoms with van der Waals surface area (Å²) < 4.78 is 45.2. The van der Waals surface area contributed by atoms with Crippen molar-refractivity contribution in [2.75, 3.05) is 19.8 Å². The first-order valence-electron chi connectivity index (χ1n) is 9.79. The maximum atomic E-state index is 13.5. The van der Waals surface area contributed by atoms with Crippen molar-refractivity contribution >= 4 is 10.0 Å². The van der Waals surface area contributed by atoms with Gasteiger partial charge >= 0.3 is 0 Å². The van der Waals surface area contributed by atoms with E-state index in [-0.39, 0.29) is 16.7 Å². The Kier molecular flexibility index (Phi) is 4.87. The largest absolute Gasteiger partial charge is 0.486 e. The minimum atomic E-state index is -3.79. The third-order valence-corrected chi connectivity index (χ3v) is 7.09. The Labute approximate surface area is 173 Å². The zero-order chi connectivity index (χ0) is 20.6. The first-order chi connectivity index (χ1) is 14.6. The predicted molar refractivity (Wildman–Crippen MR) is 105 cm³/mol. The van der Waals surface area contributed by atoms with E-state index in [1.54, 1.807) is 30.5 Å². The number of hydrogen-bond donors (Lipinski definition) is 0. The van der Waals surface area contributed by atoms with Crippen molar-refractivity contribution in [3.63, 3.8) is 0 Å². The number of ether oxygens (including phenoxy) is 2. The summed E-state index contributed by atoms with van der Waals surface area (Å²) in [4.78, 5) is 4.37. The van der Waals surface area contributed by atoms with Crippen LogP contribution in [0.15, 0.2) is 51.9 Å². The molecule has 1 fully saturated rings. The van der Waals surface area contributed by atoms with Gasteiger partial charge in [0.05, 0.1) is 4.90 Å². The van der Waals surface area contributed by atoms with Crippen LogP contribution < -0.4 is 9.47 Å². The molecule has 0 aliphatic carbocycles. The Bertz CT molecular complexity index is 1150. The van der Waals surface area contributed by atoms with Gasteiger partial charge in [-0.1, -0.05) is 12.5 Å². The fourth-order valence-corrected chi connectivity index (χ4v) is 5.39. The highest BCUT2D eigenvalue weighted by Gasteiger charge is 2.38. The van der Waals surface area contributed by atoms with Crippen molar-refractivity contribution in [2.45, 2.75) is 30.2 Å². The second kappa shape index (κ2) is 7.69. The maximum Gasteiger partial charge on any atom is 0.266 e. The van der Waals surface area contributed by atoms with E-state index < -0.39 is 16.1 Å². The highest BCUT2D eigenvalue weighted by molar-refractivity contribution is 7.89. The molecule has 4 heterocycles. The standard InChI is InChI=1S/C20H20N4O5S/c25-30(26,14-7-8-17-18(13-14)28-12-11-27-17)24-10-4-2-6-16(24)20-23-22-19(29-20)15-5-1-3-9-21-15/h1,3,5,7-9,13,16H,2,4,6,10-12H2. The third-order valence-electron chi connectivity index (χ3n) is 5.18. The molecule has 10 heteroatoms. The van der Waals surface area contributed by atoms with Crippen molar-refractivity contribution in [1.82, 2.24) is 19.5 Å². The predicted octanol–water partition coefficient (Wildman–Crippen LogP) is 2.82. The molecule has 30 heavy (non-hydrogen) atoms. The van der Waals surface area contributed by atoms with Crippen LogP contribution in [0.1, 0.15) is 31.2 Å². The Morgan fingerprint density at radius 2 is 1.87 bits per heavy atom. The van der Waals surface area contributed by atoms with Crippen molar-refractivity contribution in [2.24, 2.45) is 0 Å². The summed E-state index contributed by atoms with van der Waals surface area (Å²) in [5.74, 6) is 1.53. The zero-order valence-corrected chi connectivity index (χ0v) is 16.9. The highest BCUT2D eigenvalue weighted by Crippen LogP contribution is 2.38. The van der Waals surface area contributed by atoms with Gasteiger partial charge in [0.15, 0.2) is 11.5 Å². The van der Waals surface area contributed by atoms with Crippen LogP contribution in [0.25, 0.3) is 11.6 Å². The number of pyridine rings is 1. The molecule has 0 saturated carbocycles. The fraction of sp³-hybridized carbons (Fsp3) is 0.350. The molecule has 0 spiro atoms. The Hall–Kier alpha value is -2.98. The van der Waals surface area contributed by atoms with Gasteiger partial charge in [0.1, 0.15) is 24.9 Å². The van der Waals surface area contributed by atoms with Crippen LogP contribution in [0.5, 0.6) is 11.5 Å². The van der Waals surface area contributed by atoms with Crippen LogP contribution in [0.3, 0.4) is 0 Å². The third kappa shape index (κ3) is 3.41. The SMILES string of the molecule is O=S(=O)(c1ccc2c(c1)OCCO2)N1CCCCC1c1nnc(-c2ccccn2)o1. The van der Waals surface area contributed by atoms with Crippen LogP contribution in [-0.4, -0.2) is 47.7 Å². The summed E-state index contributed by atoms with van der Waals surface area (Å²) >= 11 is 0. The average molecular weight is 428 g/mol. The number of benzene rings is 1. The fourth-order valence-electron chi connectivity index (χ4n) is 3.72. The molecule has 0 N–H and O–H groups in total. The molecule has 2 aromatic heterocycles. The number of sulfonamides is 1.